The lowest BCUT2D eigenvalue weighted by atomic mass is 10.0. The van der Waals surface area contributed by atoms with Crippen LogP contribution < -0.4 is 0 Å². The third-order valence-electron chi connectivity index (χ3n) is 2.29. The van der Waals surface area contributed by atoms with E-state index >= 15 is 0 Å². The Morgan fingerprint density at radius 2 is 2.13 bits per heavy atom. The summed E-state index contributed by atoms with van der Waals surface area (Å²) in [7, 11) is 0. The minimum absolute atomic E-state index is 0.190. The highest BCUT2D eigenvalue weighted by molar-refractivity contribution is 5.35. The fourth-order valence-corrected chi connectivity index (χ4v) is 1.47. The molecule has 0 fully saturated rings. The van der Waals surface area contributed by atoms with Gasteiger partial charge in [0.2, 0.25) is 0 Å². The summed E-state index contributed by atoms with van der Waals surface area (Å²) in [6.45, 7) is 3.93. The van der Waals surface area contributed by atoms with Gasteiger partial charge in [0.15, 0.2) is 0 Å². The van der Waals surface area contributed by atoms with Gasteiger partial charge in [0, 0.05) is 0 Å². The number of hydrogen-bond donors (Lipinski definition) is 0. The van der Waals surface area contributed by atoms with Gasteiger partial charge in [0.05, 0.1) is 5.69 Å². The molecular weight excluding hydrogens is 193 g/mol. The molecule has 1 heterocycles. The Hall–Kier alpha value is -1.71. The van der Waals surface area contributed by atoms with E-state index in [1.54, 1.807) is 12.4 Å². The zero-order valence-electron chi connectivity index (χ0n) is 8.68. The Bertz CT molecular complexity index is 449. The second kappa shape index (κ2) is 3.81. The van der Waals surface area contributed by atoms with Gasteiger partial charge in [-0.05, 0) is 23.6 Å². The van der Waals surface area contributed by atoms with E-state index in [9.17, 15) is 4.39 Å². The average Bonchev–Trinajstić information content (AvgIpc) is 2.69. The van der Waals surface area contributed by atoms with Crippen LogP contribution in [0.2, 0.25) is 0 Å². The van der Waals surface area contributed by atoms with E-state index in [0.717, 1.165) is 5.56 Å². The van der Waals surface area contributed by atoms with Crippen LogP contribution in [0.5, 0.6) is 0 Å². The number of rotatable bonds is 2. The van der Waals surface area contributed by atoms with Crippen LogP contribution >= 0.6 is 0 Å². The summed E-state index contributed by atoms with van der Waals surface area (Å²) >= 11 is 0. The predicted octanol–water partition coefficient (Wildman–Crippen LogP) is 2.53. The topological polar surface area (TPSA) is 30.7 Å². The third kappa shape index (κ3) is 1.88. The lowest BCUT2D eigenvalue weighted by molar-refractivity contribution is 0.596. The van der Waals surface area contributed by atoms with E-state index in [1.165, 1.54) is 17.1 Å². The lowest BCUT2D eigenvalue weighted by Gasteiger charge is -2.08. The zero-order chi connectivity index (χ0) is 10.8. The minimum atomic E-state index is -0.196. The Balaban J connectivity index is 2.42. The van der Waals surface area contributed by atoms with Gasteiger partial charge in [-0.25, -0.2) is 14.1 Å². The molecule has 1 aromatic carbocycles. The van der Waals surface area contributed by atoms with Crippen LogP contribution in [-0.4, -0.2) is 14.8 Å². The molecule has 3 nitrogen and oxygen atoms in total. The maximum Gasteiger partial charge on any atom is 0.138 e. The molecule has 0 amide bonds. The normalized spacial score (nSPS) is 10.9. The molecule has 0 atom stereocenters. The monoisotopic (exact) mass is 205 g/mol. The first-order chi connectivity index (χ1) is 7.18. The Morgan fingerprint density at radius 3 is 2.67 bits per heavy atom. The molecule has 1 aromatic heterocycles. The van der Waals surface area contributed by atoms with E-state index in [2.05, 4.69) is 10.1 Å². The number of nitrogens with zero attached hydrogens (tertiary/aromatic N) is 3. The molecule has 2 aromatic rings. The molecule has 0 aliphatic carbocycles. The Kier molecular flexibility index (Phi) is 2.49. The maximum absolute atomic E-state index is 13.6. The molecule has 0 spiro atoms. The summed E-state index contributed by atoms with van der Waals surface area (Å²) < 4.78 is 15.2. The standard InChI is InChI=1S/C11H12FN3/c1-8(2)10-4-3-9(5-11(10)12)15-7-13-6-14-15/h3-8H,1-2H3. The highest BCUT2D eigenvalue weighted by Crippen LogP contribution is 2.20. The summed E-state index contributed by atoms with van der Waals surface area (Å²) in [5.41, 5.74) is 1.41. The van der Waals surface area contributed by atoms with E-state index in [1.807, 2.05) is 19.9 Å². The van der Waals surface area contributed by atoms with Crippen molar-refractivity contribution in [2.24, 2.45) is 0 Å². The van der Waals surface area contributed by atoms with Crippen molar-refractivity contribution in [3.63, 3.8) is 0 Å². The van der Waals surface area contributed by atoms with Crippen molar-refractivity contribution >= 4 is 0 Å². The molecule has 0 unspecified atom stereocenters. The SMILES string of the molecule is CC(C)c1ccc(-n2cncn2)cc1F. The fraction of sp³-hybridized carbons (Fsp3) is 0.273. The van der Waals surface area contributed by atoms with Gasteiger partial charge in [-0.3, -0.25) is 0 Å². The second-order valence-electron chi connectivity index (χ2n) is 3.70. The first-order valence-corrected chi connectivity index (χ1v) is 4.83. The summed E-state index contributed by atoms with van der Waals surface area (Å²) in [5.74, 6) is -0.00667. The molecule has 0 saturated heterocycles. The van der Waals surface area contributed by atoms with Crippen LogP contribution in [-0.2, 0) is 0 Å². The predicted molar refractivity (Wildman–Crippen MR) is 55.4 cm³/mol. The average molecular weight is 205 g/mol. The van der Waals surface area contributed by atoms with Crippen LogP contribution in [0.3, 0.4) is 0 Å². The van der Waals surface area contributed by atoms with Gasteiger partial charge >= 0.3 is 0 Å². The van der Waals surface area contributed by atoms with E-state index in [4.69, 9.17) is 0 Å². The molecule has 0 bridgehead atoms. The first-order valence-electron chi connectivity index (χ1n) is 4.83. The number of halogens is 1. The van der Waals surface area contributed by atoms with Gasteiger partial charge in [-0.1, -0.05) is 19.9 Å². The zero-order valence-corrected chi connectivity index (χ0v) is 8.68. The third-order valence-corrected chi connectivity index (χ3v) is 2.29. The molecule has 0 saturated carbocycles. The van der Waals surface area contributed by atoms with Crippen molar-refractivity contribution in [2.75, 3.05) is 0 Å². The molecule has 15 heavy (non-hydrogen) atoms. The van der Waals surface area contributed by atoms with E-state index in [-0.39, 0.29) is 11.7 Å². The van der Waals surface area contributed by atoms with Crippen LogP contribution in [0.25, 0.3) is 5.69 Å². The minimum Gasteiger partial charge on any atom is -0.223 e. The molecule has 2 rings (SSSR count). The molecule has 4 heteroatoms. The van der Waals surface area contributed by atoms with Crippen molar-refractivity contribution in [3.8, 4) is 5.69 Å². The van der Waals surface area contributed by atoms with Crippen LogP contribution in [0.4, 0.5) is 4.39 Å². The smallest absolute Gasteiger partial charge is 0.138 e. The van der Waals surface area contributed by atoms with Crippen molar-refractivity contribution in [1.82, 2.24) is 14.8 Å². The van der Waals surface area contributed by atoms with Crippen LogP contribution in [0.1, 0.15) is 25.3 Å². The van der Waals surface area contributed by atoms with Crippen molar-refractivity contribution in [2.45, 2.75) is 19.8 Å². The van der Waals surface area contributed by atoms with E-state index < -0.39 is 0 Å². The van der Waals surface area contributed by atoms with Gasteiger partial charge in [-0.2, -0.15) is 5.10 Å². The van der Waals surface area contributed by atoms with Crippen LogP contribution in [0.15, 0.2) is 30.9 Å². The van der Waals surface area contributed by atoms with Crippen molar-refractivity contribution in [1.29, 1.82) is 0 Å². The lowest BCUT2D eigenvalue weighted by Crippen LogP contribution is -1.98. The summed E-state index contributed by atoms with van der Waals surface area (Å²) in [4.78, 5) is 3.82. The van der Waals surface area contributed by atoms with Crippen molar-refractivity contribution in [3.05, 3.63) is 42.2 Å². The van der Waals surface area contributed by atoms with Gasteiger partial charge in [0.1, 0.15) is 18.5 Å². The first kappa shape index (κ1) is 9.83. The van der Waals surface area contributed by atoms with Crippen molar-refractivity contribution < 1.29 is 4.39 Å². The van der Waals surface area contributed by atoms with Gasteiger partial charge in [0.25, 0.3) is 0 Å². The van der Waals surface area contributed by atoms with Gasteiger partial charge in [-0.15, -0.1) is 0 Å². The molecular formula is C11H12FN3. The highest BCUT2D eigenvalue weighted by Gasteiger charge is 2.07. The highest BCUT2D eigenvalue weighted by atomic mass is 19.1. The number of benzene rings is 1. The summed E-state index contributed by atoms with van der Waals surface area (Å²) in [6, 6.07) is 5.11. The summed E-state index contributed by atoms with van der Waals surface area (Å²) in [6.07, 6.45) is 2.97. The fourth-order valence-electron chi connectivity index (χ4n) is 1.47. The molecule has 0 aliphatic rings. The number of hydrogen-bond acceptors (Lipinski definition) is 2. The van der Waals surface area contributed by atoms with Crippen LogP contribution in [0, 0.1) is 5.82 Å². The molecule has 0 radical (unpaired) electrons. The Morgan fingerprint density at radius 1 is 1.33 bits per heavy atom. The number of aromatic nitrogens is 3. The van der Waals surface area contributed by atoms with E-state index in [0.29, 0.717) is 5.69 Å². The Labute approximate surface area is 87.6 Å². The molecule has 0 aliphatic heterocycles. The molecule has 78 valence electrons. The largest absolute Gasteiger partial charge is 0.223 e. The second-order valence-corrected chi connectivity index (χ2v) is 3.70. The van der Waals surface area contributed by atoms with Gasteiger partial charge < -0.3 is 0 Å². The maximum atomic E-state index is 13.6. The molecule has 0 N–H and O–H groups in total. The quantitative estimate of drug-likeness (QED) is 0.754. The summed E-state index contributed by atoms with van der Waals surface area (Å²) in [5, 5.41) is 3.94.